The Bertz CT molecular complexity index is 794. The molecule has 0 aliphatic carbocycles. The summed E-state index contributed by atoms with van der Waals surface area (Å²) >= 11 is 0. The highest BCUT2D eigenvalue weighted by Gasteiger charge is 2.32. The summed E-state index contributed by atoms with van der Waals surface area (Å²) in [7, 11) is 1.86. The van der Waals surface area contributed by atoms with Crippen molar-refractivity contribution in [2.75, 3.05) is 20.1 Å². The van der Waals surface area contributed by atoms with Gasteiger partial charge in [-0.3, -0.25) is 19.6 Å². The highest BCUT2D eigenvalue weighted by atomic mass is 16.2. The number of H-pyrrole nitrogens is 1. The van der Waals surface area contributed by atoms with E-state index in [0.29, 0.717) is 18.7 Å². The molecule has 1 saturated heterocycles. The first-order valence-corrected chi connectivity index (χ1v) is 8.57. The third kappa shape index (κ3) is 3.21. The molecular weight excluding hydrogens is 306 g/mol. The summed E-state index contributed by atoms with van der Waals surface area (Å²) in [4.78, 5) is 33.3. The van der Waals surface area contributed by atoms with Gasteiger partial charge in [-0.05, 0) is 13.3 Å². The first-order chi connectivity index (χ1) is 11.5. The lowest BCUT2D eigenvalue weighted by Gasteiger charge is -2.39. The minimum absolute atomic E-state index is 0.114. The number of aryl methyl sites for hydroxylation is 1. The summed E-state index contributed by atoms with van der Waals surface area (Å²) in [5, 5.41) is 2.97. The second-order valence-corrected chi connectivity index (χ2v) is 6.61. The number of carbonyl (C=O) groups excluding carboxylic acids is 1. The van der Waals surface area contributed by atoms with Gasteiger partial charge in [0.2, 0.25) is 5.91 Å². The van der Waals surface area contributed by atoms with Gasteiger partial charge in [-0.25, -0.2) is 9.50 Å². The molecule has 0 saturated carbocycles. The molecule has 0 aromatic carbocycles. The van der Waals surface area contributed by atoms with Crippen molar-refractivity contribution in [3.05, 3.63) is 33.9 Å². The van der Waals surface area contributed by atoms with Crippen LogP contribution < -0.4 is 5.56 Å². The van der Waals surface area contributed by atoms with Gasteiger partial charge < -0.3 is 4.90 Å². The van der Waals surface area contributed by atoms with E-state index in [9.17, 15) is 9.59 Å². The van der Waals surface area contributed by atoms with E-state index < -0.39 is 0 Å². The number of likely N-dealkylation sites (N-methyl/N-ethyl adjacent to an activating group) is 1. The van der Waals surface area contributed by atoms with Gasteiger partial charge in [-0.2, -0.15) is 0 Å². The van der Waals surface area contributed by atoms with Gasteiger partial charge in [0.15, 0.2) is 5.65 Å². The summed E-state index contributed by atoms with van der Waals surface area (Å²) < 4.78 is 1.45. The number of nitrogens with zero attached hydrogens (tertiary/aromatic N) is 4. The number of fused-ring (bicyclic) bond motifs is 1. The molecular formula is C17H25N5O2. The predicted octanol–water partition coefficient (Wildman–Crippen LogP) is 1.16. The van der Waals surface area contributed by atoms with Gasteiger partial charge in [-0.15, -0.1) is 0 Å². The molecule has 1 N–H and O–H groups in total. The molecule has 2 aromatic heterocycles. The second-order valence-electron chi connectivity index (χ2n) is 6.61. The topological polar surface area (TPSA) is 73.7 Å². The fourth-order valence-electron chi connectivity index (χ4n) is 3.30. The van der Waals surface area contributed by atoms with Gasteiger partial charge in [0, 0.05) is 44.5 Å². The first-order valence-electron chi connectivity index (χ1n) is 8.57. The van der Waals surface area contributed by atoms with Crippen LogP contribution in [0.5, 0.6) is 0 Å². The molecule has 7 heteroatoms. The highest BCUT2D eigenvalue weighted by Crippen LogP contribution is 2.18. The minimum Gasteiger partial charge on any atom is -0.343 e. The van der Waals surface area contributed by atoms with Gasteiger partial charge in [0.05, 0.1) is 11.7 Å². The standard InChI is InChI=1S/C17H25N5O2/c1-4-5-6-14-17(24)20(3)7-8-21(14)11-13-10-16(23)22-15(18-13)9-12(2)19-22/h9-10,14,19H,4-8,11H2,1-3H3/t14-/m1/s1. The maximum atomic E-state index is 12.5. The summed E-state index contributed by atoms with van der Waals surface area (Å²) in [6.45, 7) is 6.08. The second kappa shape index (κ2) is 6.76. The number of aromatic amines is 1. The third-order valence-corrected chi connectivity index (χ3v) is 4.65. The van der Waals surface area contributed by atoms with Crippen molar-refractivity contribution < 1.29 is 4.79 Å². The number of carbonyl (C=O) groups is 1. The summed E-state index contributed by atoms with van der Waals surface area (Å²) in [6.07, 6.45) is 2.94. The Morgan fingerprint density at radius 3 is 2.83 bits per heavy atom. The number of nitrogens with one attached hydrogen (secondary N) is 1. The van der Waals surface area contributed by atoms with Gasteiger partial charge >= 0.3 is 0 Å². The van der Waals surface area contributed by atoms with E-state index >= 15 is 0 Å². The molecule has 0 spiro atoms. The zero-order valence-electron chi connectivity index (χ0n) is 14.6. The molecule has 1 amide bonds. The lowest BCUT2D eigenvalue weighted by atomic mass is 10.0. The molecule has 7 nitrogen and oxygen atoms in total. The molecule has 0 radical (unpaired) electrons. The molecule has 2 aromatic rings. The fourth-order valence-corrected chi connectivity index (χ4v) is 3.30. The van der Waals surface area contributed by atoms with Crippen molar-refractivity contribution >= 4 is 11.6 Å². The van der Waals surface area contributed by atoms with Crippen LogP contribution in [0.25, 0.3) is 5.65 Å². The average Bonchev–Trinajstić information content (AvgIpc) is 2.91. The molecule has 0 unspecified atom stereocenters. The van der Waals surface area contributed by atoms with E-state index in [1.807, 2.05) is 20.0 Å². The van der Waals surface area contributed by atoms with Crippen LogP contribution in [-0.4, -0.2) is 56.5 Å². The van der Waals surface area contributed by atoms with Crippen molar-refractivity contribution in [3.8, 4) is 0 Å². The quantitative estimate of drug-likeness (QED) is 0.892. The Morgan fingerprint density at radius 2 is 2.08 bits per heavy atom. The van der Waals surface area contributed by atoms with E-state index in [-0.39, 0.29) is 17.5 Å². The molecule has 1 fully saturated rings. The van der Waals surface area contributed by atoms with Crippen LogP contribution in [0.1, 0.15) is 37.6 Å². The number of amides is 1. The number of piperazine rings is 1. The van der Waals surface area contributed by atoms with Gasteiger partial charge in [0.1, 0.15) is 0 Å². The zero-order chi connectivity index (χ0) is 17.3. The lowest BCUT2D eigenvalue weighted by Crippen LogP contribution is -2.55. The number of unbranched alkanes of at least 4 members (excludes halogenated alkanes) is 1. The minimum atomic E-state index is -0.117. The molecule has 1 aliphatic heterocycles. The number of hydrogen-bond acceptors (Lipinski definition) is 4. The molecule has 130 valence electrons. The van der Waals surface area contributed by atoms with Crippen LogP contribution in [0.3, 0.4) is 0 Å². The average molecular weight is 331 g/mol. The molecule has 0 bridgehead atoms. The van der Waals surface area contributed by atoms with Crippen molar-refractivity contribution in [1.29, 1.82) is 0 Å². The van der Waals surface area contributed by atoms with Crippen LogP contribution in [0, 0.1) is 6.92 Å². The van der Waals surface area contributed by atoms with E-state index in [4.69, 9.17) is 0 Å². The van der Waals surface area contributed by atoms with Crippen LogP contribution in [0.4, 0.5) is 0 Å². The van der Waals surface area contributed by atoms with E-state index in [1.165, 1.54) is 4.52 Å². The van der Waals surface area contributed by atoms with E-state index in [0.717, 1.165) is 37.2 Å². The number of rotatable bonds is 5. The molecule has 3 rings (SSSR count). The van der Waals surface area contributed by atoms with E-state index in [2.05, 4.69) is 21.9 Å². The van der Waals surface area contributed by atoms with Crippen molar-refractivity contribution in [2.24, 2.45) is 0 Å². The largest absolute Gasteiger partial charge is 0.343 e. The maximum absolute atomic E-state index is 12.5. The normalized spacial score (nSPS) is 19.4. The first kappa shape index (κ1) is 16.7. The Balaban J connectivity index is 1.85. The highest BCUT2D eigenvalue weighted by molar-refractivity contribution is 5.82. The van der Waals surface area contributed by atoms with E-state index in [1.54, 1.807) is 11.0 Å². The van der Waals surface area contributed by atoms with Crippen LogP contribution in [0.2, 0.25) is 0 Å². The Kier molecular flexibility index (Phi) is 4.71. The van der Waals surface area contributed by atoms with Crippen LogP contribution in [-0.2, 0) is 11.3 Å². The zero-order valence-corrected chi connectivity index (χ0v) is 14.6. The number of hydrogen-bond donors (Lipinski definition) is 1. The SMILES string of the molecule is CCCC[C@@H]1C(=O)N(C)CCN1Cc1cc(=O)n2[nH]c(C)cc2n1. The number of aromatic nitrogens is 3. The maximum Gasteiger partial charge on any atom is 0.272 e. The van der Waals surface area contributed by atoms with Crippen molar-refractivity contribution in [3.63, 3.8) is 0 Å². The van der Waals surface area contributed by atoms with Gasteiger partial charge in [0.25, 0.3) is 5.56 Å². The predicted molar refractivity (Wildman–Crippen MR) is 91.9 cm³/mol. The summed E-state index contributed by atoms with van der Waals surface area (Å²) in [6, 6.07) is 3.30. The smallest absolute Gasteiger partial charge is 0.272 e. The van der Waals surface area contributed by atoms with Crippen LogP contribution >= 0.6 is 0 Å². The Morgan fingerprint density at radius 1 is 1.29 bits per heavy atom. The van der Waals surface area contributed by atoms with Crippen molar-refractivity contribution in [2.45, 2.75) is 45.7 Å². The van der Waals surface area contributed by atoms with Crippen LogP contribution in [0.15, 0.2) is 16.9 Å². The third-order valence-electron chi connectivity index (χ3n) is 4.65. The summed E-state index contributed by atoms with van der Waals surface area (Å²) in [5.41, 5.74) is 2.12. The summed E-state index contributed by atoms with van der Waals surface area (Å²) in [5.74, 6) is 0.171. The monoisotopic (exact) mass is 331 g/mol. The molecule has 1 aliphatic rings. The van der Waals surface area contributed by atoms with Crippen molar-refractivity contribution in [1.82, 2.24) is 24.4 Å². The Hall–Kier alpha value is -2.15. The fraction of sp³-hybridized carbons (Fsp3) is 0.588. The molecule has 24 heavy (non-hydrogen) atoms. The molecule has 1 atom stereocenters. The Labute approximate surface area is 141 Å². The van der Waals surface area contributed by atoms with Gasteiger partial charge in [-0.1, -0.05) is 19.8 Å². The molecule has 3 heterocycles. The lowest BCUT2D eigenvalue weighted by molar-refractivity contribution is -0.140.